The molecule has 1 heterocycles. The van der Waals surface area contributed by atoms with Crippen molar-refractivity contribution in [1.29, 1.82) is 0 Å². The molecule has 2 rings (SSSR count). The fraction of sp³-hybridized carbons (Fsp3) is 0.375. The number of alkyl halides is 1. The van der Waals surface area contributed by atoms with E-state index in [0.29, 0.717) is 10.1 Å². The molecule has 0 aliphatic heterocycles. The van der Waals surface area contributed by atoms with Gasteiger partial charge in [-0.15, -0.1) is 0 Å². The molecule has 1 aromatic heterocycles. The SMILES string of the molecule is CCCCC(=S)OC(c1ccc(Cl)cc1)C(Cl)n1ccnc1. The van der Waals surface area contributed by atoms with Gasteiger partial charge in [-0.05, 0) is 36.3 Å². The highest BCUT2D eigenvalue weighted by molar-refractivity contribution is 7.80. The smallest absolute Gasteiger partial charge is 0.160 e. The van der Waals surface area contributed by atoms with Crippen molar-refractivity contribution in [2.24, 2.45) is 0 Å². The summed E-state index contributed by atoms with van der Waals surface area (Å²) in [6.45, 7) is 2.12. The zero-order chi connectivity index (χ0) is 15.9. The summed E-state index contributed by atoms with van der Waals surface area (Å²) in [6.07, 6.45) is 7.59. The van der Waals surface area contributed by atoms with Gasteiger partial charge in [0.2, 0.25) is 0 Å². The van der Waals surface area contributed by atoms with Gasteiger partial charge in [0.25, 0.3) is 0 Å². The molecular formula is C16H18Cl2N2OS. The van der Waals surface area contributed by atoms with Crippen molar-refractivity contribution in [3.8, 4) is 0 Å². The quantitative estimate of drug-likeness (QED) is 0.480. The van der Waals surface area contributed by atoms with Gasteiger partial charge in [0.1, 0.15) is 5.50 Å². The van der Waals surface area contributed by atoms with Gasteiger partial charge in [0, 0.05) is 23.8 Å². The first kappa shape index (κ1) is 17.3. The van der Waals surface area contributed by atoms with E-state index < -0.39 is 11.6 Å². The molecule has 0 spiro atoms. The highest BCUT2D eigenvalue weighted by Crippen LogP contribution is 2.34. The van der Waals surface area contributed by atoms with Crippen LogP contribution in [0.5, 0.6) is 0 Å². The van der Waals surface area contributed by atoms with Gasteiger partial charge in [0.15, 0.2) is 11.2 Å². The number of hydrogen-bond donors (Lipinski definition) is 0. The fourth-order valence-electron chi connectivity index (χ4n) is 2.03. The first-order chi connectivity index (χ1) is 10.6. The van der Waals surface area contributed by atoms with Gasteiger partial charge >= 0.3 is 0 Å². The normalized spacial score (nSPS) is 13.6. The van der Waals surface area contributed by atoms with E-state index in [0.717, 1.165) is 24.8 Å². The van der Waals surface area contributed by atoms with Gasteiger partial charge in [-0.1, -0.05) is 48.7 Å². The summed E-state index contributed by atoms with van der Waals surface area (Å²) in [5.41, 5.74) is 0.486. The fourth-order valence-corrected chi connectivity index (χ4v) is 2.72. The summed E-state index contributed by atoms with van der Waals surface area (Å²) in [5.74, 6) is 0. The van der Waals surface area contributed by atoms with E-state index in [1.54, 1.807) is 23.3 Å². The third kappa shape index (κ3) is 4.70. The lowest BCUT2D eigenvalue weighted by molar-refractivity contribution is 0.162. The van der Waals surface area contributed by atoms with E-state index >= 15 is 0 Å². The monoisotopic (exact) mass is 356 g/mol. The molecule has 6 heteroatoms. The standard InChI is InChI=1S/C16H18Cl2N2OS/c1-2-3-4-14(22)21-15(12-5-7-13(17)8-6-12)16(18)20-10-9-19-11-20/h5-11,15-16H,2-4H2,1H3. The highest BCUT2D eigenvalue weighted by atomic mass is 35.5. The van der Waals surface area contributed by atoms with Crippen molar-refractivity contribution in [2.45, 2.75) is 37.8 Å². The van der Waals surface area contributed by atoms with Crippen molar-refractivity contribution < 1.29 is 4.74 Å². The largest absolute Gasteiger partial charge is 0.476 e. The molecule has 0 radical (unpaired) electrons. The van der Waals surface area contributed by atoms with Gasteiger partial charge in [0.05, 0.1) is 6.33 Å². The number of ether oxygens (including phenoxy) is 1. The van der Waals surface area contributed by atoms with Gasteiger partial charge in [-0.25, -0.2) is 4.98 Å². The van der Waals surface area contributed by atoms with Crippen molar-refractivity contribution in [3.05, 3.63) is 53.6 Å². The van der Waals surface area contributed by atoms with Crippen molar-refractivity contribution in [1.82, 2.24) is 9.55 Å². The number of rotatable bonds is 7. The van der Waals surface area contributed by atoms with Crippen LogP contribution in [0.2, 0.25) is 5.02 Å². The van der Waals surface area contributed by atoms with E-state index in [4.69, 9.17) is 40.2 Å². The number of unbranched alkanes of at least 4 members (excludes halogenated alkanes) is 1. The topological polar surface area (TPSA) is 27.1 Å². The van der Waals surface area contributed by atoms with Crippen LogP contribution in [0.4, 0.5) is 0 Å². The van der Waals surface area contributed by atoms with E-state index in [9.17, 15) is 0 Å². The first-order valence-corrected chi connectivity index (χ1v) is 8.40. The number of halogens is 2. The Morgan fingerprint density at radius 3 is 2.68 bits per heavy atom. The highest BCUT2D eigenvalue weighted by Gasteiger charge is 2.25. The molecule has 118 valence electrons. The van der Waals surface area contributed by atoms with Crippen LogP contribution in [0.25, 0.3) is 0 Å². The zero-order valence-electron chi connectivity index (χ0n) is 12.3. The van der Waals surface area contributed by atoms with Gasteiger partial charge in [-0.3, -0.25) is 0 Å². The van der Waals surface area contributed by atoms with Crippen molar-refractivity contribution in [2.75, 3.05) is 0 Å². The third-order valence-electron chi connectivity index (χ3n) is 3.25. The second-order valence-electron chi connectivity index (χ2n) is 4.95. The van der Waals surface area contributed by atoms with Crippen LogP contribution >= 0.6 is 35.4 Å². The maximum absolute atomic E-state index is 6.57. The van der Waals surface area contributed by atoms with Crippen molar-refractivity contribution >= 4 is 40.5 Å². The second kappa shape index (κ2) is 8.51. The summed E-state index contributed by atoms with van der Waals surface area (Å²) in [4.78, 5) is 4.03. The van der Waals surface area contributed by atoms with Gasteiger partial charge < -0.3 is 9.30 Å². The molecule has 0 saturated heterocycles. The summed E-state index contributed by atoms with van der Waals surface area (Å²) in [6, 6.07) is 7.45. The van der Waals surface area contributed by atoms with Gasteiger partial charge in [-0.2, -0.15) is 0 Å². The molecule has 2 atom stereocenters. The van der Waals surface area contributed by atoms with Crippen LogP contribution < -0.4 is 0 Å². The van der Waals surface area contributed by atoms with Crippen LogP contribution in [0, 0.1) is 0 Å². The number of aromatic nitrogens is 2. The molecule has 1 aromatic carbocycles. The molecule has 0 fully saturated rings. The van der Waals surface area contributed by atoms with Crippen LogP contribution in [-0.4, -0.2) is 14.6 Å². The van der Waals surface area contributed by atoms with Crippen LogP contribution in [0.15, 0.2) is 43.0 Å². The minimum atomic E-state index is -0.441. The molecule has 3 nitrogen and oxygen atoms in total. The maximum atomic E-state index is 6.57. The molecule has 0 N–H and O–H groups in total. The Morgan fingerprint density at radius 2 is 2.09 bits per heavy atom. The average Bonchev–Trinajstić information content (AvgIpc) is 3.05. The summed E-state index contributed by atoms with van der Waals surface area (Å²) >= 11 is 17.9. The Morgan fingerprint density at radius 1 is 1.36 bits per heavy atom. The molecule has 0 aliphatic rings. The first-order valence-electron chi connectivity index (χ1n) is 7.18. The van der Waals surface area contributed by atoms with Crippen LogP contribution in [-0.2, 0) is 4.74 Å². The minimum Gasteiger partial charge on any atom is -0.476 e. The number of imidazole rings is 1. The van der Waals surface area contributed by atoms with E-state index in [1.807, 2.05) is 24.3 Å². The Kier molecular flexibility index (Phi) is 6.68. The Hall–Kier alpha value is -1.10. The molecule has 0 saturated carbocycles. The van der Waals surface area contributed by atoms with Crippen LogP contribution in [0.3, 0.4) is 0 Å². The molecule has 2 unspecified atom stereocenters. The average molecular weight is 357 g/mol. The lowest BCUT2D eigenvalue weighted by Gasteiger charge is -2.25. The molecular weight excluding hydrogens is 339 g/mol. The Balaban J connectivity index is 2.20. The molecule has 0 bridgehead atoms. The van der Waals surface area contributed by atoms with E-state index in [-0.39, 0.29) is 0 Å². The Labute approximate surface area is 146 Å². The summed E-state index contributed by atoms with van der Waals surface area (Å²) in [5, 5.41) is 1.25. The molecule has 0 amide bonds. The number of hydrogen-bond acceptors (Lipinski definition) is 3. The maximum Gasteiger partial charge on any atom is 0.160 e. The summed E-state index contributed by atoms with van der Waals surface area (Å²) < 4.78 is 7.77. The number of thiocarbonyl (C=S) groups is 1. The zero-order valence-corrected chi connectivity index (χ0v) is 14.6. The molecule has 22 heavy (non-hydrogen) atoms. The second-order valence-corrected chi connectivity index (χ2v) is 6.29. The number of benzene rings is 1. The predicted octanol–water partition coefficient (Wildman–Crippen LogP) is 5.55. The van der Waals surface area contributed by atoms with Crippen LogP contribution in [0.1, 0.15) is 43.4 Å². The van der Waals surface area contributed by atoms with Crippen molar-refractivity contribution in [3.63, 3.8) is 0 Å². The third-order valence-corrected chi connectivity index (χ3v) is 4.26. The predicted molar refractivity (Wildman–Crippen MR) is 94.5 cm³/mol. The van der Waals surface area contributed by atoms with E-state index in [2.05, 4.69) is 11.9 Å². The number of nitrogens with zero attached hydrogens (tertiary/aromatic N) is 2. The minimum absolute atomic E-state index is 0.391. The lowest BCUT2D eigenvalue weighted by atomic mass is 10.1. The summed E-state index contributed by atoms with van der Waals surface area (Å²) in [7, 11) is 0. The lowest BCUT2D eigenvalue weighted by Crippen LogP contribution is -2.18. The Bertz CT molecular complexity index is 587. The molecule has 2 aromatic rings. The van der Waals surface area contributed by atoms with E-state index in [1.165, 1.54) is 0 Å². The molecule has 0 aliphatic carbocycles.